The van der Waals surface area contributed by atoms with Gasteiger partial charge in [-0.3, -0.25) is 0 Å². The van der Waals surface area contributed by atoms with Gasteiger partial charge >= 0.3 is 12.1 Å². The van der Waals surface area contributed by atoms with Gasteiger partial charge in [0.2, 0.25) is 0 Å². The number of nitrogens with one attached hydrogen (secondary N) is 1. The van der Waals surface area contributed by atoms with Gasteiger partial charge in [-0.25, -0.2) is 9.59 Å². The van der Waals surface area contributed by atoms with E-state index in [0.717, 1.165) is 12.0 Å². The van der Waals surface area contributed by atoms with E-state index in [4.69, 9.17) is 4.74 Å². The predicted molar refractivity (Wildman–Crippen MR) is 98.8 cm³/mol. The van der Waals surface area contributed by atoms with Gasteiger partial charge in [0.05, 0.1) is 0 Å². The fourth-order valence-electron chi connectivity index (χ4n) is 2.48. The molecule has 1 amide bonds. The zero-order chi connectivity index (χ0) is 18.9. The SMILES string of the molecule is CCCCCCc1ccc(CC(NC(=O)OC(C)(C)C)C(=O)O)cc1. The van der Waals surface area contributed by atoms with E-state index in [1.165, 1.54) is 31.2 Å². The molecule has 5 nitrogen and oxygen atoms in total. The summed E-state index contributed by atoms with van der Waals surface area (Å²) in [6, 6.07) is 6.93. The summed E-state index contributed by atoms with van der Waals surface area (Å²) in [6.07, 6.45) is 5.44. The number of aryl methyl sites for hydroxylation is 1. The number of benzene rings is 1. The van der Waals surface area contributed by atoms with Crippen molar-refractivity contribution in [3.05, 3.63) is 35.4 Å². The van der Waals surface area contributed by atoms with Crippen LogP contribution in [0.1, 0.15) is 64.5 Å². The summed E-state index contributed by atoms with van der Waals surface area (Å²) in [6.45, 7) is 7.41. The molecule has 0 radical (unpaired) electrons. The molecule has 2 N–H and O–H groups in total. The zero-order valence-electron chi connectivity index (χ0n) is 15.8. The van der Waals surface area contributed by atoms with E-state index in [2.05, 4.69) is 12.2 Å². The van der Waals surface area contributed by atoms with Crippen LogP contribution in [0.5, 0.6) is 0 Å². The van der Waals surface area contributed by atoms with E-state index in [1.54, 1.807) is 20.8 Å². The van der Waals surface area contributed by atoms with E-state index < -0.39 is 23.7 Å². The molecule has 1 rings (SSSR count). The van der Waals surface area contributed by atoms with Crippen LogP contribution in [0.3, 0.4) is 0 Å². The summed E-state index contributed by atoms with van der Waals surface area (Å²) in [5, 5.41) is 11.8. The van der Waals surface area contributed by atoms with Crippen LogP contribution in [-0.4, -0.2) is 28.8 Å². The lowest BCUT2D eigenvalue weighted by atomic mass is 10.0. The number of alkyl carbamates (subject to hydrolysis) is 1. The van der Waals surface area contributed by atoms with Crippen LogP contribution in [0, 0.1) is 0 Å². The van der Waals surface area contributed by atoms with Gasteiger partial charge in [-0.2, -0.15) is 0 Å². The highest BCUT2D eigenvalue weighted by atomic mass is 16.6. The van der Waals surface area contributed by atoms with Crippen molar-refractivity contribution in [1.29, 1.82) is 0 Å². The van der Waals surface area contributed by atoms with Crippen molar-refractivity contribution in [2.24, 2.45) is 0 Å². The van der Waals surface area contributed by atoms with Gasteiger partial charge in [0.1, 0.15) is 11.6 Å². The van der Waals surface area contributed by atoms with Gasteiger partial charge in [-0.1, -0.05) is 50.5 Å². The molecule has 25 heavy (non-hydrogen) atoms. The number of carbonyl (C=O) groups is 2. The Bertz CT molecular complexity index is 546. The molecule has 0 heterocycles. The van der Waals surface area contributed by atoms with Crippen molar-refractivity contribution in [1.82, 2.24) is 5.32 Å². The summed E-state index contributed by atoms with van der Waals surface area (Å²) < 4.78 is 5.13. The Kier molecular flexibility index (Phi) is 8.46. The van der Waals surface area contributed by atoms with Crippen molar-refractivity contribution >= 4 is 12.1 Å². The first-order chi connectivity index (χ1) is 11.7. The fourth-order valence-corrected chi connectivity index (χ4v) is 2.48. The normalized spacial score (nSPS) is 12.5. The number of hydrogen-bond acceptors (Lipinski definition) is 3. The van der Waals surface area contributed by atoms with Crippen LogP contribution >= 0.6 is 0 Å². The summed E-state index contributed by atoms with van der Waals surface area (Å²) in [5.74, 6) is -1.07. The number of ether oxygens (including phenoxy) is 1. The predicted octanol–water partition coefficient (Wildman–Crippen LogP) is 4.33. The third-order valence-electron chi connectivity index (χ3n) is 3.77. The highest BCUT2D eigenvalue weighted by Gasteiger charge is 2.24. The molecule has 0 aliphatic rings. The molecule has 0 aromatic heterocycles. The minimum Gasteiger partial charge on any atom is -0.480 e. The second-order valence-corrected chi connectivity index (χ2v) is 7.37. The number of unbranched alkanes of at least 4 members (excludes halogenated alkanes) is 3. The Hall–Kier alpha value is -2.04. The molecule has 140 valence electrons. The molecule has 1 aromatic rings. The number of rotatable bonds is 9. The van der Waals surface area contributed by atoms with E-state index in [-0.39, 0.29) is 6.42 Å². The fraction of sp³-hybridized carbons (Fsp3) is 0.600. The van der Waals surface area contributed by atoms with Gasteiger partial charge in [0.15, 0.2) is 0 Å². The molecule has 0 saturated carbocycles. The topological polar surface area (TPSA) is 75.6 Å². The molecule has 0 bridgehead atoms. The maximum absolute atomic E-state index is 11.8. The Morgan fingerprint density at radius 2 is 1.68 bits per heavy atom. The van der Waals surface area contributed by atoms with Gasteiger partial charge in [0, 0.05) is 6.42 Å². The number of hydrogen-bond donors (Lipinski definition) is 2. The summed E-state index contributed by atoms with van der Waals surface area (Å²) in [5.41, 5.74) is 1.47. The molecule has 0 aliphatic heterocycles. The average Bonchev–Trinajstić information content (AvgIpc) is 2.50. The quantitative estimate of drug-likeness (QED) is 0.651. The standard InChI is InChI=1S/C20H31NO4/c1-5-6-7-8-9-15-10-12-16(13-11-15)14-17(18(22)23)21-19(24)25-20(2,3)4/h10-13,17H,5-9,14H2,1-4H3,(H,21,24)(H,22,23). The minimum atomic E-state index is -1.07. The number of amides is 1. The van der Waals surface area contributed by atoms with Gasteiger partial charge in [-0.15, -0.1) is 0 Å². The first-order valence-electron chi connectivity index (χ1n) is 9.01. The number of carbonyl (C=O) groups excluding carboxylic acids is 1. The Morgan fingerprint density at radius 3 is 2.20 bits per heavy atom. The molecule has 5 heteroatoms. The second-order valence-electron chi connectivity index (χ2n) is 7.37. The van der Waals surface area contributed by atoms with Crippen LogP contribution in [0.25, 0.3) is 0 Å². The Morgan fingerprint density at radius 1 is 1.08 bits per heavy atom. The molecule has 1 aromatic carbocycles. The van der Waals surface area contributed by atoms with Gasteiger partial charge < -0.3 is 15.2 Å². The van der Waals surface area contributed by atoms with Crippen molar-refractivity contribution in [3.8, 4) is 0 Å². The molecule has 0 fully saturated rings. The van der Waals surface area contributed by atoms with E-state index in [0.29, 0.717) is 0 Å². The smallest absolute Gasteiger partial charge is 0.408 e. The van der Waals surface area contributed by atoms with Crippen molar-refractivity contribution in [2.45, 2.75) is 77.9 Å². The third-order valence-corrected chi connectivity index (χ3v) is 3.77. The maximum Gasteiger partial charge on any atom is 0.408 e. The van der Waals surface area contributed by atoms with Crippen molar-refractivity contribution in [2.75, 3.05) is 0 Å². The van der Waals surface area contributed by atoms with E-state index >= 15 is 0 Å². The minimum absolute atomic E-state index is 0.227. The third kappa shape index (κ3) is 9.13. The van der Waals surface area contributed by atoms with Crippen LogP contribution < -0.4 is 5.32 Å². The zero-order valence-corrected chi connectivity index (χ0v) is 15.8. The largest absolute Gasteiger partial charge is 0.480 e. The first-order valence-corrected chi connectivity index (χ1v) is 9.01. The van der Waals surface area contributed by atoms with Gasteiger partial charge in [0.25, 0.3) is 0 Å². The van der Waals surface area contributed by atoms with Crippen LogP contribution in [0.15, 0.2) is 24.3 Å². The highest BCUT2D eigenvalue weighted by Crippen LogP contribution is 2.12. The van der Waals surface area contributed by atoms with Gasteiger partial charge in [-0.05, 0) is 44.7 Å². The highest BCUT2D eigenvalue weighted by molar-refractivity contribution is 5.80. The molecular weight excluding hydrogens is 318 g/mol. The molecule has 1 unspecified atom stereocenters. The van der Waals surface area contributed by atoms with E-state index in [1.807, 2.05) is 24.3 Å². The number of carboxylic acid groups (broad SMARTS) is 1. The van der Waals surface area contributed by atoms with Crippen LogP contribution in [0.4, 0.5) is 4.79 Å². The molecule has 0 aliphatic carbocycles. The molecule has 0 spiro atoms. The lowest BCUT2D eigenvalue weighted by Crippen LogP contribution is -2.44. The Balaban J connectivity index is 2.57. The second kappa shape index (κ2) is 10.1. The monoisotopic (exact) mass is 349 g/mol. The summed E-state index contributed by atoms with van der Waals surface area (Å²) in [4.78, 5) is 23.2. The van der Waals surface area contributed by atoms with Crippen LogP contribution in [0.2, 0.25) is 0 Å². The number of carboxylic acids is 1. The van der Waals surface area contributed by atoms with Crippen molar-refractivity contribution in [3.63, 3.8) is 0 Å². The maximum atomic E-state index is 11.8. The van der Waals surface area contributed by atoms with Crippen LogP contribution in [-0.2, 0) is 22.4 Å². The lowest BCUT2D eigenvalue weighted by molar-refractivity contribution is -0.139. The molecule has 1 atom stereocenters. The lowest BCUT2D eigenvalue weighted by Gasteiger charge is -2.22. The summed E-state index contributed by atoms with van der Waals surface area (Å²) >= 11 is 0. The number of aliphatic carboxylic acids is 1. The molecular formula is C20H31NO4. The average molecular weight is 349 g/mol. The Labute approximate surface area is 150 Å². The summed E-state index contributed by atoms with van der Waals surface area (Å²) in [7, 11) is 0. The molecule has 0 saturated heterocycles. The first kappa shape index (κ1) is 21.0. The van der Waals surface area contributed by atoms with E-state index in [9.17, 15) is 14.7 Å². The van der Waals surface area contributed by atoms with Crippen molar-refractivity contribution < 1.29 is 19.4 Å².